The SMILES string of the molecule is CC1=NC(C#N)=C[N]1. The molecule has 0 bridgehead atoms. The van der Waals surface area contributed by atoms with Crippen LogP contribution in [0.2, 0.25) is 0 Å². The number of rotatable bonds is 0. The van der Waals surface area contributed by atoms with Crippen molar-refractivity contribution in [3.05, 3.63) is 11.9 Å². The van der Waals surface area contributed by atoms with Crippen molar-refractivity contribution in [1.82, 2.24) is 5.32 Å². The van der Waals surface area contributed by atoms with Gasteiger partial charge in [0.2, 0.25) is 0 Å². The molecular formula is C5H4N3. The van der Waals surface area contributed by atoms with Gasteiger partial charge in [-0.2, -0.15) is 5.26 Å². The number of nitrogens with zero attached hydrogens (tertiary/aromatic N) is 3. The van der Waals surface area contributed by atoms with Gasteiger partial charge < -0.3 is 0 Å². The standard InChI is InChI=1S/C5H4N3/c1-4-7-3-5(2-6)8-4/h3H,1H3. The molecule has 3 heteroatoms. The van der Waals surface area contributed by atoms with Gasteiger partial charge in [-0.05, 0) is 6.92 Å². The number of amidine groups is 1. The van der Waals surface area contributed by atoms with Gasteiger partial charge >= 0.3 is 0 Å². The van der Waals surface area contributed by atoms with Crippen molar-refractivity contribution < 1.29 is 0 Å². The third kappa shape index (κ3) is 0.684. The maximum absolute atomic E-state index is 8.20. The number of hydrogen-bond acceptors (Lipinski definition) is 2. The van der Waals surface area contributed by atoms with Gasteiger partial charge in [-0.3, -0.25) is 0 Å². The summed E-state index contributed by atoms with van der Waals surface area (Å²) < 4.78 is 0. The van der Waals surface area contributed by atoms with Gasteiger partial charge in [-0.15, -0.1) is 0 Å². The average molecular weight is 106 g/mol. The number of hydrogen-bond donors (Lipinski definition) is 0. The zero-order chi connectivity index (χ0) is 5.98. The van der Waals surface area contributed by atoms with Crippen molar-refractivity contribution in [2.75, 3.05) is 0 Å². The summed E-state index contributed by atoms with van der Waals surface area (Å²) in [6.07, 6.45) is 1.45. The van der Waals surface area contributed by atoms with E-state index >= 15 is 0 Å². The second-order valence-corrected chi connectivity index (χ2v) is 1.41. The Bertz CT molecular complexity index is 194. The molecule has 0 N–H and O–H groups in total. The zero-order valence-corrected chi connectivity index (χ0v) is 4.42. The van der Waals surface area contributed by atoms with Crippen LogP contribution in [0.1, 0.15) is 6.92 Å². The number of aliphatic imine (C=N–C) groups is 1. The van der Waals surface area contributed by atoms with Crippen LogP contribution in [0, 0.1) is 11.3 Å². The molecule has 3 nitrogen and oxygen atoms in total. The van der Waals surface area contributed by atoms with Gasteiger partial charge in [0.25, 0.3) is 0 Å². The Morgan fingerprint density at radius 3 is 2.75 bits per heavy atom. The molecule has 0 aromatic heterocycles. The first-order valence-corrected chi connectivity index (χ1v) is 2.19. The second kappa shape index (κ2) is 1.66. The summed E-state index contributed by atoms with van der Waals surface area (Å²) in [6.45, 7) is 1.75. The first-order valence-electron chi connectivity index (χ1n) is 2.19. The van der Waals surface area contributed by atoms with Gasteiger partial charge in [0.05, 0.1) is 6.20 Å². The van der Waals surface area contributed by atoms with Gasteiger partial charge in [-0.1, -0.05) is 0 Å². The van der Waals surface area contributed by atoms with Crippen molar-refractivity contribution >= 4 is 5.84 Å². The number of allylic oxidation sites excluding steroid dienone is 1. The van der Waals surface area contributed by atoms with E-state index < -0.39 is 0 Å². The Morgan fingerprint density at radius 2 is 2.50 bits per heavy atom. The first-order chi connectivity index (χ1) is 3.83. The van der Waals surface area contributed by atoms with Crippen LogP contribution in [0.3, 0.4) is 0 Å². The maximum Gasteiger partial charge on any atom is 0.160 e. The fraction of sp³-hybridized carbons (Fsp3) is 0.200. The van der Waals surface area contributed by atoms with E-state index in [1.54, 1.807) is 6.92 Å². The van der Waals surface area contributed by atoms with Crippen molar-refractivity contribution in [2.24, 2.45) is 4.99 Å². The number of nitriles is 1. The predicted octanol–water partition coefficient (Wildman–Crippen LogP) is 0.388. The molecule has 0 aromatic carbocycles. The van der Waals surface area contributed by atoms with Crippen LogP contribution in [-0.4, -0.2) is 5.84 Å². The van der Waals surface area contributed by atoms with Gasteiger partial charge in [0.15, 0.2) is 5.70 Å². The third-order valence-electron chi connectivity index (χ3n) is 0.770. The largest absolute Gasteiger partial charge is 0.239 e. The summed E-state index contributed by atoms with van der Waals surface area (Å²) in [5.41, 5.74) is 0.391. The van der Waals surface area contributed by atoms with E-state index in [0.29, 0.717) is 11.5 Å². The molecule has 1 aliphatic heterocycles. The molecule has 0 unspecified atom stereocenters. The summed E-state index contributed by atoms with van der Waals surface area (Å²) in [4.78, 5) is 3.76. The van der Waals surface area contributed by atoms with Crippen molar-refractivity contribution in [2.45, 2.75) is 6.92 Å². The van der Waals surface area contributed by atoms with Gasteiger partial charge in [-0.25, -0.2) is 10.3 Å². The molecule has 0 spiro atoms. The van der Waals surface area contributed by atoms with Crippen molar-refractivity contribution in [3.63, 3.8) is 0 Å². The molecule has 1 rings (SSSR count). The van der Waals surface area contributed by atoms with E-state index in [9.17, 15) is 0 Å². The van der Waals surface area contributed by atoms with Crippen LogP contribution in [0.25, 0.3) is 0 Å². The quantitative estimate of drug-likeness (QED) is 0.440. The molecule has 0 aliphatic carbocycles. The Balaban J connectivity index is 2.77. The molecule has 0 saturated carbocycles. The normalized spacial score (nSPS) is 16.0. The zero-order valence-electron chi connectivity index (χ0n) is 4.42. The lowest BCUT2D eigenvalue weighted by atomic mass is 10.6. The summed E-state index contributed by atoms with van der Waals surface area (Å²) >= 11 is 0. The fourth-order valence-corrected chi connectivity index (χ4v) is 0.440. The predicted molar refractivity (Wildman–Crippen MR) is 28.9 cm³/mol. The van der Waals surface area contributed by atoms with Crippen LogP contribution in [0.15, 0.2) is 16.9 Å². The van der Waals surface area contributed by atoms with Crippen LogP contribution < -0.4 is 5.32 Å². The Labute approximate surface area is 47.3 Å². The van der Waals surface area contributed by atoms with E-state index in [4.69, 9.17) is 5.26 Å². The highest BCUT2D eigenvalue weighted by Gasteiger charge is 2.01. The molecule has 1 radical (unpaired) electrons. The Morgan fingerprint density at radius 1 is 1.75 bits per heavy atom. The lowest BCUT2D eigenvalue weighted by Gasteiger charge is -1.78. The molecule has 0 fully saturated rings. The highest BCUT2D eigenvalue weighted by molar-refractivity contribution is 5.83. The lowest BCUT2D eigenvalue weighted by molar-refractivity contribution is 1.28. The molecule has 0 amide bonds. The molecular weight excluding hydrogens is 102 g/mol. The van der Waals surface area contributed by atoms with Gasteiger partial charge in [0, 0.05) is 0 Å². The van der Waals surface area contributed by atoms with Crippen LogP contribution in [0.5, 0.6) is 0 Å². The van der Waals surface area contributed by atoms with E-state index in [2.05, 4.69) is 10.3 Å². The van der Waals surface area contributed by atoms with Crippen molar-refractivity contribution in [3.8, 4) is 6.07 Å². The van der Waals surface area contributed by atoms with Crippen LogP contribution >= 0.6 is 0 Å². The second-order valence-electron chi connectivity index (χ2n) is 1.41. The third-order valence-corrected chi connectivity index (χ3v) is 0.770. The Hall–Kier alpha value is -1.30. The summed E-state index contributed by atoms with van der Waals surface area (Å²) in [5.74, 6) is 0.654. The highest BCUT2D eigenvalue weighted by Crippen LogP contribution is 1.99. The summed E-state index contributed by atoms with van der Waals surface area (Å²) in [5, 5.41) is 12.0. The molecule has 8 heavy (non-hydrogen) atoms. The van der Waals surface area contributed by atoms with E-state index in [-0.39, 0.29) is 0 Å². The van der Waals surface area contributed by atoms with E-state index in [1.165, 1.54) is 6.20 Å². The van der Waals surface area contributed by atoms with Crippen LogP contribution in [-0.2, 0) is 0 Å². The fourth-order valence-electron chi connectivity index (χ4n) is 0.440. The van der Waals surface area contributed by atoms with Gasteiger partial charge in [0.1, 0.15) is 11.9 Å². The molecule has 1 heterocycles. The highest BCUT2D eigenvalue weighted by atomic mass is 15.0. The first kappa shape index (κ1) is 4.85. The van der Waals surface area contributed by atoms with Crippen LogP contribution in [0.4, 0.5) is 0 Å². The molecule has 0 aromatic rings. The minimum Gasteiger partial charge on any atom is -0.239 e. The molecule has 39 valence electrons. The molecule has 1 aliphatic rings. The lowest BCUT2D eigenvalue weighted by Crippen LogP contribution is -1.97. The monoisotopic (exact) mass is 106 g/mol. The van der Waals surface area contributed by atoms with E-state index in [1.807, 2.05) is 6.07 Å². The topological polar surface area (TPSA) is 50.2 Å². The molecule has 0 atom stereocenters. The summed E-state index contributed by atoms with van der Waals surface area (Å²) in [6, 6.07) is 1.87. The van der Waals surface area contributed by atoms with Crippen molar-refractivity contribution in [1.29, 1.82) is 5.26 Å². The van der Waals surface area contributed by atoms with E-state index in [0.717, 1.165) is 0 Å². The minimum atomic E-state index is 0.391. The maximum atomic E-state index is 8.20. The Kier molecular flexibility index (Phi) is 1.01. The molecule has 0 saturated heterocycles. The summed E-state index contributed by atoms with van der Waals surface area (Å²) in [7, 11) is 0. The minimum absolute atomic E-state index is 0.391. The average Bonchev–Trinajstić information content (AvgIpc) is 2.14. The smallest absolute Gasteiger partial charge is 0.160 e.